The Morgan fingerprint density at radius 1 is 1.08 bits per heavy atom. The molecule has 0 saturated heterocycles. The molecule has 3 aromatic rings. The van der Waals surface area contributed by atoms with Gasteiger partial charge in [-0.2, -0.15) is 10.2 Å². The van der Waals surface area contributed by atoms with E-state index in [-0.39, 0.29) is 0 Å². The number of carbonyl (C=O) groups is 1. The van der Waals surface area contributed by atoms with Crippen molar-refractivity contribution >= 4 is 16.8 Å². The largest absolute Gasteiger partial charge is 0.493 e. The molecule has 1 aromatic heterocycles. The van der Waals surface area contributed by atoms with Crippen molar-refractivity contribution in [3.8, 4) is 11.5 Å². The van der Waals surface area contributed by atoms with Gasteiger partial charge in [-0.05, 0) is 42.2 Å². The first-order chi connectivity index (χ1) is 12.1. The van der Waals surface area contributed by atoms with Crippen LogP contribution in [0.2, 0.25) is 0 Å². The summed E-state index contributed by atoms with van der Waals surface area (Å²) in [7, 11) is 3.19. The molecule has 0 aliphatic heterocycles. The molecule has 0 bridgehead atoms. The first-order valence-corrected chi connectivity index (χ1v) is 7.87. The van der Waals surface area contributed by atoms with Crippen molar-refractivity contribution in [2.45, 2.75) is 12.8 Å². The van der Waals surface area contributed by atoms with Gasteiger partial charge in [-0.1, -0.05) is 12.1 Å². The van der Waals surface area contributed by atoms with E-state index in [1.807, 2.05) is 30.3 Å². The Kier molecular flexibility index (Phi) is 4.79. The summed E-state index contributed by atoms with van der Waals surface area (Å²) in [5, 5.41) is 9.22. The lowest BCUT2D eigenvalue weighted by Crippen LogP contribution is -2.11. The van der Waals surface area contributed by atoms with Crippen LogP contribution in [0.5, 0.6) is 11.5 Å². The summed E-state index contributed by atoms with van der Waals surface area (Å²) >= 11 is 0. The normalized spacial score (nSPS) is 10.6. The Bertz CT molecular complexity index is 925. The SMILES string of the molecule is COc1cc2nncc(CCc3cccc(C(N)=O)c3)c2cc1OC. The molecule has 1 heterocycles. The quantitative estimate of drug-likeness (QED) is 0.747. The first-order valence-electron chi connectivity index (χ1n) is 7.87. The smallest absolute Gasteiger partial charge is 0.248 e. The summed E-state index contributed by atoms with van der Waals surface area (Å²) in [6, 6.07) is 11.1. The third-order valence-electron chi connectivity index (χ3n) is 4.12. The monoisotopic (exact) mass is 337 g/mol. The average Bonchev–Trinajstić information content (AvgIpc) is 2.65. The zero-order valence-electron chi connectivity index (χ0n) is 14.2. The number of nitrogens with two attached hydrogens (primary N) is 1. The summed E-state index contributed by atoms with van der Waals surface area (Å²) in [6.45, 7) is 0. The molecule has 0 saturated carbocycles. The molecule has 6 heteroatoms. The van der Waals surface area contributed by atoms with E-state index in [0.29, 0.717) is 17.1 Å². The van der Waals surface area contributed by atoms with Crippen LogP contribution in [-0.2, 0) is 12.8 Å². The maximum absolute atomic E-state index is 11.3. The number of methoxy groups -OCH3 is 2. The molecule has 0 aliphatic rings. The summed E-state index contributed by atoms with van der Waals surface area (Å²) in [4.78, 5) is 11.3. The molecule has 128 valence electrons. The number of ether oxygens (including phenoxy) is 2. The Morgan fingerprint density at radius 3 is 2.56 bits per heavy atom. The van der Waals surface area contributed by atoms with Crippen molar-refractivity contribution in [1.29, 1.82) is 0 Å². The third kappa shape index (κ3) is 3.52. The number of primary amides is 1. The van der Waals surface area contributed by atoms with Gasteiger partial charge in [-0.3, -0.25) is 4.79 Å². The fraction of sp³-hybridized carbons (Fsp3) is 0.211. The molecule has 0 atom stereocenters. The zero-order valence-corrected chi connectivity index (χ0v) is 14.2. The summed E-state index contributed by atoms with van der Waals surface area (Å²) in [6.07, 6.45) is 3.27. The highest BCUT2D eigenvalue weighted by Crippen LogP contribution is 2.32. The standard InChI is InChI=1S/C19H19N3O3/c1-24-17-9-15-14(11-21-22-16(15)10-18(17)25-2)7-6-12-4-3-5-13(8-12)19(20)23/h3-5,8-11H,6-7H2,1-2H3,(H2,20,23). The molecule has 1 amide bonds. The predicted octanol–water partition coefficient (Wildman–Crippen LogP) is 2.53. The molecule has 0 spiro atoms. The van der Waals surface area contributed by atoms with Crippen molar-refractivity contribution in [1.82, 2.24) is 10.2 Å². The van der Waals surface area contributed by atoms with Crippen LogP contribution >= 0.6 is 0 Å². The topological polar surface area (TPSA) is 87.3 Å². The Hall–Kier alpha value is -3.15. The van der Waals surface area contributed by atoms with Crippen molar-refractivity contribution in [3.63, 3.8) is 0 Å². The summed E-state index contributed by atoms with van der Waals surface area (Å²) in [5.41, 5.74) is 8.70. The molecule has 25 heavy (non-hydrogen) atoms. The van der Waals surface area contributed by atoms with Crippen molar-refractivity contribution in [2.75, 3.05) is 14.2 Å². The van der Waals surface area contributed by atoms with Gasteiger partial charge in [0.15, 0.2) is 11.5 Å². The van der Waals surface area contributed by atoms with Crippen molar-refractivity contribution in [3.05, 3.63) is 59.3 Å². The van der Waals surface area contributed by atoms with Gasteiger partial charge in [-0.15, -0.1) is 0 Å². The zero-order chi connectivity index (χ0) is 17.8. The predicted molar refractivity (Wildman–Crippen MR) is 95.0 cm³/mol. The number of amides is 1. The molecule has 0 unspecified atom stereocenters. The van der Waals surface area contributed by atoms with Gasteiger partial charge in [0.1, 0.15) is 0 Å². The van der Waals surface area contributed by atoms with Crippen LogP contribution in [0.15, 0.2) is 42.6 Å². The number of aromatic nitrogens is 2. The maximum atomic E-state index is 11.3. The minimum atomic E-state index is -0.422. The lowest BCUT2D eigenvalue weighted by Gasteiger charge is -2.11. The highest BCUT2D eigenvalue weighted by molar-refractivity contribution is 5.92. The number of nitrogens with zero attached hydrogens (tertiary/aromatic N) is 2. The van der Waals surface area contributed by atoms with E-state index in [1.54, 1.807) is 26.5 Å². The molecule has 2 aromatic carbocycles. The lowest BCUT2D eigenvalue weighted by atomic mass is 10.0. The van der Waals surface area contributed by atoms with Gasteiger partial charge < -0.3 is 15.2 Å². The lowest BCUT2D eigenvalue weighted by molar-refractivity contribution is 0.1000. The number of rotatable bonds is 6. The summed E-state index contributed by atoms with van der Waals surface area (Å²) < 4.78 is 10.7. The molecule has 6 nitrogen and oxygen atoms in total. The van der Waals surface area contributed by atoms with E-state index >= 15 is 0 Å². The van der Waals surface area contributed by atoms with Crippen molar-refractivity contribution in [2.24, 2.45) is 5.73 Å². The van der Waals surface area contributed by atoms with Crippen LogP contribution in [-0.4, -0.2) is 30.3 Å². The second-order valence-corrected chi connectivity index (χ2v) is 5.66. The average molecular weight is 337 g/mol. The highest BCUT2D eigenvalue weighted by atomic mass is 16.5. The Morgan fingerprint density at radius 2 is 1.84 bits per heavy atom. The van der Waals surface area contributed by atoms with Gasteiger partial charge in [0.25, 0.3) is 0 Å². The number of aryl methyl sites for hydroxylation is 2. The molecule has 0 aliphatic carbocycles. The molecule has 3 rings (SSSR count). The molecule has 2 N–H and O–H groups in total. The van der Waals surface area contributed by atoms with Crippen LogP contribution < -0.4 is 15.2 Å². The minimum absolute atomic E-state index is 0.422. The van der Waals surface area contributed by atoms with E-state index in [4.69, 9.17) is 15.2 Å². The maximum Gasteiger partial charge on any atom is 0.248 e. The van der Waals surface area contributed by atoms with Gasteiger partial charge in [0.2, 0.25) is 5.91 Å². The second-order valence-electron chi connectivity index (χ2n) is 5.66. The number of hydrogen-bond donors (Lipinski definition) is 1. The van der Waals surface area contributed by atoms with Crippen LogP contribution in [0, 0.1) is 0 Å². The minimum Gasteiger partial charge on any atom is -0.493 e. The second kappa shape index (κ2) is 7.17. The van der Waals surface area contributed by atoms with E-state index in [2.05, 4.69) is 10.2 Å². The number of benzene rings is 2. The van der Waals surface area contributed by atoms with Gasteiger partial charge in [0.05, 0.1) is 25.9 Å². The van der Waals surface area contributed by atoms with Gasteiger partial charge in [-0.25, -0.2) is 0 Å². The number of hydrogen-bond acceptors (Lipinski definition) is 5. The fourth-order valence-electron chi connectivity index (χ4n) is 2.80. The van der Waals surface area contributed by atoms with Gasteiger partial charge in [0, 0.05) is 17.0 Å². The molecule has 0 radical (unpaired) electrons. The molecule has 0 fully saturated rings. The van der Waals surface area contributed by atoms with E-state index in [1.165, 1.54) is 0 Å². The van der Waals surface area contributed by atoms with Crippen LogP contribution in [0.1, 0.15) is 21.5 Å². The van der Waals surface area contributed by atoms with E-state index in [9.17, 15) is 4.79 Å². The Balaban J connectivity index is 1.91. The first kappa shape index (κ1) is 16.7. The highest BCUT2D eigenvalue weighted by Gasteiger charge is 2.11. The van der Waals surface area contributed by atoms with Gasteiger partial charge >= 0.3 is 0 Å². The van der Waals surface area contributed by atoms with E-state index in [0.717, 1.165) is 34.9 Å². The van der Waals surface area contributed by atoms with Crippen LogP contribution in [0.4, 0.5) is 0 Å². The number of carbonyl (C=O) groups excluding carboxylic acids is 1. The van der Waals surface area contributed by atoms with E-state index < -0.39 is 5.91 Å². The fourth-order valence-corrected chi connectivity index (χ4v) is 2.80. The number of fused-ring (bicyclic) bond motifs is 1. The Labute approximate surface area is 145 Å². The van der Waals surface area contributed by atoms with Crippen molar-refractivity contribution < 1.29 is 14.3 Å². The molecular formula is C19H19N3O3. The third-order valence-corrected chi connectivity index (χ3v) is 4.12. The molecular weight excluding hydrogens is 318 g/mol. The van der Waals surface area contributed by atoms with Crippen LogP contribution in [0.3, 0.4) is 0 Å². The summed E-state index contributed by atoms with van der Waals surface area (Å²) in [5.74, 6) is 0.852. The van der Waals surface area contributed by atoms with Crippen LogP contribution in [0.25, 0.3) is 10.9 Å².